The molecule has 0 N–H and O–H groups in total. The van der Waals surface area contributed by atoms with Crippen molar-refractivity contribution in [3.63, 3.8) is 0 Å². The van der Waals surface area contributed by atoms with Crippen LogP contribution >= 0.6 is 0 Å². The first kappa shape index (κ1) is 22.1. The van der Waals surface area contributed by atoms with Crippen LogP contribution in [0.1, 0.15) is 33.9 Å². The molecule has 172 valence electrons. The van der Waals surface area contributed by atoms with Crippen molar-refractivity contribution < 1.29 is 37.7 Å². The van der Waals surface area contributed by atoms with Crippen LogP contribution in [0.3, 0.4) is 0 Å². The van der Waals surface area contributed by atoms with Gasteiger partial charge < -0.3 is 32.9 Å². The molecule has 0 saturated carbocycles. The van der Waals surface area contributed by atoms with E-state index in [9.17, 15) is 4.79 Å². The van der Waals surface area contributed by atoms with Gasteiger partial charge in [0.25, 0.3) is 0 Å². The molecule has 0 spiro atoms. The highest BCUT2D eigenvalue weighted by atomic mass is 16.7. The quantitative estimate of drug-likeness (QED) is 0.479. The Morgan fingerprint density at radius 1 is 0.969 bits per heavy atom. The van der Waals surface area contributed by atoms with Gasteiger partial charge in [-0.25, -0.2) is 0 Å². The van der Waals surface area contributed by atoms with E-state index in [0.717, 1.165) is 24.1 Å². The van der Waals surface area contributed by atoms with Gasteiger partial charge in [0.2, 0.25) is 18.3 Å². The Balaban J connectivity index is 1.76. The fourth-order valence-electron chi connectivity index (χ4n) is 4.65. The number of fused-ring (bicyclic) bond motifs is 2. The molecular weight excluding hydrogens is 414 g/mol. The number of hydrogen-bond donors (Lipinski definition) is 0. The summed E-state index contributed by atoms with van der Waals surface area (Å²) in [4.78, 5) is 13.5. The lowest BCUT2D eigenvalue weighted by molar-refractivity contribution is -0.922. The molecule has 0 saturated heterocycles. The number of ether oxygens (including phenoxy) is 6. The zero-order valence-corrected chi connectivity index (χ0v) is 19.4. The van der Waals surface area contributed by atoms with Crippen LogP contribution in [0, 0.1) is 0 Å². The van der Waals surface area contributed by atoms with Crippen LogP contribution in [0.4, 0.5) is 0 Å². The van der Waals surface area contributed by atoms with Crippen molar-refractivity contribution in [1.82, 2.24) is 0 Å². The molecule has 0 amide bonds. The summed E-state index contributed by atoms with van der Waals surface area (Å²) >= 11 is 0. The Morgan fingerprint density at radius 3 is 2.22 bits per heavy atom. The number of nitrogens with zero attached hydrogens (tertiary/aromatic N) is 1. The predicted octanol–water partition coefficient (Wildman–Crippen LogP) is 3.40. The van der Waals surface area contributed by atoms with Gasteiger partial charge in [-0.05, 0) is 23.8 Å². The summed E-state index contributed by atoms with van der Waals surface area (Å²) in [5.41, 5.74) is 2.64. The zero-order valence-electron chi connectivity index (χ0n) is 19.4. The van der Waals surface area contributed by atoms with Crippen molar-refractivity contribution in [2.75, 3.05) is 55.9 Å². The highest BCUT2D eigenvalue weighted by Gasteiger charge is 2.42. The van der Waals surface area contributed by atoms with Crippen molar-refractivity contribution in [2.24, 2.45) is 0 Å². The molecule has 0 bridgehead atoms. The highest BCUT2D eigenvalue weighted by Crippen LogP contribution is 2.51. The molecule has 0 unspecified atom stereocenters. The molecule has 2 heterocycles. The lowest BCUT2D eigenvalue weighted by atomic mass is 9.86. The van der Waals surface area contributed by atoms with E-state index in [-0.39, 0.29) is 25.0 Å². The Labute approximate surface area is 188 Å². The number of likely N-dealkylation sites (N-methyl/N-ethyl adjacent to an activating group) is 1. The minimum absolute atomic E-state index is 0.0203. The van der Waals surface area contributed by atoms with Gasteiger partial charge in [0.05, 0.1) is 61.1 Å². The number of benzene rings is 2. The van der Waals surface area contributed by atoms with Crippen LogP contribution in [0.5, 0.6) is 34.5 Å². The standard InChI is InChI=1S/C24H30NO7/c1-25(2)8-7-14-9-20-23(32-13-31-20)24(30-6)21(14)16(25)12-17(26)15-10-18(27-3)22(29-5)19(11-15)28-4/h9-11,16H,7-8,12-13H2,1-6H3/q+1/t16-/m0/s1. The SMILES string of the molecule is COc1cc(C(=O)C[C@H]2c3c(cc4c(c3OC)OCO4)CC[N+]2(C)C)cc(OC)c1OC. The second-order valence-electron chi connectivity index (χ2n) is 8.53. The van der Waals surface area contributed by atoms with E-state index >= 15 is 0 Å². The third kappa shape index (κ3) is 3.58. The molecule has 2 aromatic rings. The first-order valence-electron chi connectivity index (χ1n) is 10.5. The number of carbonyl (C=O) groups is 1. The van der Waals surface area contributed by atoms with E-state index in [1.54, 1.807) is 19.2 Å². The summed E-state index contributed by atoms with van der Waals surface area (Å²) in [6.45, 7) is 1.06. The van der Waals surface area contributed by atoms with Gasteiger partial charge in [-0.15, -0.1) is 0 Å². The number of carbonyl (C=O) groups excluding carboxylic acids is 1. The van der Waals surface area contributed by atoms with Crippen LogP contribution in [0.2, 0.25) is 0 Å². The van der Waals surface area contributed by atoms with Crippen LogP contribution in [-0.4, -0.2) is 66.1 Å². The smallest absolute Gasteiger partial charge is 0.231 e. The number of hydrogen-bond acceptors (Lipinski definition) is 7. The van der Waals surface area contributed by atoms with Crippen LogP contribution in [0.25, 0.3) is 0 Å². The number of methoxy groups -OCH3 is 4. The topological polar surface area (TPSA) is 72.5 Å². The highest BCUT2D eigenvalue weighted by molar-refractivity contribution is 5.98. The van der Waals surface area contributed by atoms with E-state index in [1.807, 2.05) is 6.07 Å². The van der Waals surface area contributed by atoms with Gasteiger partial charge in [-0.3, -0.25) is 4.79 Å². The molecule has 0 fully saturated rings. The van der Waals surface area contributed by atoms with E-state index < -0.39 is 0 Å². The normalized spacial score (nSPS) is 18.0. The van der Waals surface area contributed by atoms with Crippen LogP contribution in [0.15, 0.2) is 18.2 Å². The molecule has 4 rings (SSSR count). The summed E-state index contributed by atoms with van der Waals surface area (Å²) < 4.78 is 34.0. The Morgan fingerprint density at radius 2 is 1.62 bits per heavy atom. The molecule has 1 atom stereocenters. The third-order valence-electron chi connectivity index (χ3n) is 6.45. The molecule has 2 aliphatic rings. The number of ketones is 1. The van der Waals surface area contributed by atoms with Crippen LogP contribution in [-0.2, 0) is 6.42 Å². The number of Topliss-reactive ketones (excluding diaryl/α,β-unsaturated/α-hetero) is 1. The lowest BCUT2D eigenvalue weighted by Gasteiger charge is -2.43. The number of quaternary nitrogens is 1. The molecule has 0 radical (unpaired) electrons. The Kier molecular flexibility index (Phi) is 5.81. The largest absolute Gasteiger partial charge is 0.493 e. The zero-order chi connectivity index (χ0) is 23.0. The summed E-state index contributed by atoms with van der Waals surface area (Å²) in [7, 11) is 10.5. The average Bonchev–Trinajstić information content (AvgIpc) is 3.26. The van der Waals surface area contributed by atoms with Gasteiger partial charge in [0, 0.05) is 12.0 Å². The maximum atomic E-state index is 13.5. The molecule has 8 heteroatoms. The predicted molar refractivity (Wildman–Crippen MR) is 118 cm³/mol. The van der Waals surface area contributed by atoms with Gasteiger partial charge in [0.15, 0.2) is 28.8 Å². The summed E-state index contributed by atoms with van der Waals surface area (Å²) in [5.74, 6) is 3.31. The van der Waals surface area contributed by atoms with Gasteiger partial charge in [-0.2, -0.15) is 0 Å². The van der Waals surface area contributed by atoms with E-state index in [0.29, 0.717) is 44.5 Å². The maximum absolute atomic E-state index is 13.5. The van der Waals surface area contributed by atoms with Crippen molar-refractivity contribution >= 4 is 5.78 Å². The lowest BCUT2D eigenvalue weighted by Crippen LogP contribution is -2.48. The Bertz CT molecular complexity index is 1020. The molecule has 2 aliphatic heterocycles. The average molecular weight is 445 g/mol. The van der Waals surface area contributed by atoms with E-state index in [4.69, 9.17) is 28.4 Å². The van der Waals surface area contributed by atoms with Crippen molar-refractivity contribution in [2.45, 2.75) is 18.9 Å². The van der Waals surface area contributed by atoms with Crippen molar-refractivity contribution in [3.8, 4) is 34.5 Å². The molecule has 2 aromatic carbocycles. The summed E-state index contributed by atoms with van der Waals surface area (Å²) in [6.07, 6.45) is 1.15. The van der Waals surface area contributed by atoms with E-state index in [2.05, 4.69) is 14.1 Å². The molecular formula is C24H30NO7+. The van der Waals surface area contributed by atoms with E-state index in [1.165, 1.54) is 21.3 Å². The monoisotopic (exact) mass is 444 g/mol. The molecule has 8 nitrogen and oxygen atoms in total. The van der Waals surface area contributed by atoms with Gasteiger partial charge in [-0.1, -0.05) is 0 Å². The second-order valence-corrected chi connectivity index (χ2v) is 8.53. The molecule has 0 aromatic heterocycles. The summed E-state index contributed by atoms with van der Waals surface area (Å²) in [5, 5.41) is 0. The van der Waals surface area contributed by atoms with Crippen molar-refractivity contribution in [1.29, 1.82) is 0 Å². The maximum Gasteiger partial charge on any atom is 0.231 e. The minimum Gasteiger partial charge on any atom is -0.493 e. The summed E-state index contributed by atoms with van der Waals surface area (Å²) in [6, 6.07) is 5.31. The van der Waals surface area contributed by atoms with Gasteiger partial charge in [0.1, 0.15) is 6.04 Å². The molecule has 0 aliphatic carbocycles. The van der Waals surface area contributed by atoms with Gasteiger partial charge >= 0.3 is 0 Å². The second kappa shape index (κ2) is 8.43. The fraction of sp³-hybridized carbons (Fsp3) is 0.458. The fourth-order valence-corrected chi connectivity index (χ4v) is 4.65. The number of rotatable bonds is 7. The van der Waals surface area contributed by atoms with Crippen LogP contribution < -0.4 is 28.4 Å². The minimum atomic E-state index is -0.116. The first-order valence-corrected chi connectivity index (χ1v) is 10.5. The molecule has 32 heavy (non-hydrogen) atoms. The first-order chi connectivity index (χ1) is 15.3. The van der Waals surface area contributed by atoms with Crippen molar-refractivity contribution in [3.05, 3.63) is 34.9 Å². The third-order valence-corrected chi connectivity index (χ3v) is 6.45. The Hall–Kier alpha value is -3.13.